The predicted octanol–water partition coefficient (Wildman–Crippen LogP) is 4.24. The van der Waals surface area contributed by atoms with Crippen molar-refractivity contribution in [1.29, 1.82) is 0 Å². The van der Waals surface area contributed by atoms with Crippen molar-refractivity contribution >= 4 is 46.5 Å². The number of imide groups is 1. The molecule has 13 heteroatoms. The third-order valence-corrected chi connectivity index (χ3v) is 5.47. The zero-order chi connectivity index (χ0) is 26.5. The molecular weight excluding hydrogens is 505 g/mol. The van der Waals surface area contributed by atoms with Crippen molar-refractivity contribution in [3.05, 3.63) is 58.5 Å². The molecule has 1 aliphatic heterocycles. The summed E-state index contributed by atoms with van der Waals surface area (Å²) in [4.78, 5) is 48.8. The summed E-state index contributed by atoms with van der Waals surface area (Å²) >= 11 is 0.588. The first-order valence-corrected chi connectivity index (χ1v) is 11.1. The number of carbonyl (C=O) groups excluding carboxylic acids is 3. The molecule has 1 heterocycles. The van der Waals surface area contributed by atoms with Crippen molar-refractivity contribution in [2.45, 2.75) is 13.1 Å². The molecule has 2 aromatic rings. The second kappa shape index (κ2) is 11.2. The summed E-state index contributed by atoms with van der Waals surface area (Å²) in [6.45, 7) is 0.694. The van der Waals surface area contributed by atoms with Crippen molar-refractivity contribution in [3.63, 3.8) is 0 Å². The van der Waals surface area contributed by atoms with Crippen molar-refractivity contribution in [3.8, 4) is 11.5 Å². The molecule has 1 aliphatic rings. The molecule has 0 atom stereocenters. The Morgan fingerprint density at radius 2 is 1.86 bits per heavy atom. The standard InChI is InChI=1S/C23H19F3N2O7S/c1-2-34-17-8-13(6-7-16(17)35-12-20(30)31)9-18-21(32)28(22(33)36-18)11-19(29)27-15-5-3-4-14(10-15)23(24,25)26/h3-10H,2,11-12H2,1H3,(H,27,29)(H,30,31)/b18-9-. The molecule has 2 aromatic carbocycles. The highest BCUT2D eigenvalue weighted by molar-refractivity contribution is 8.18. The zero-order valence-corrected chi connectivity index (χ0v) is 19.4. The van der Waals surface area contributed by atoms with Crippen LogP contribution in [0, 0.1) is 0 Å². The molecule has 3 rings (SSSR count). The number of carbonyl (C=O) groups is 4. The zero-order valence-electron chi connectivity index (χ0n) is 18.6. The molecule has 0 saturated carbocycles. The van der Waals surface area contributed by atoms with Gasteiger partial charge in [-0.15, -0.1) is 0 Å². The number of ether oxygens (including phenoxy) is 2. The fourth-order valence-electron chi connectivity index (χ4n) is 3.05. The maximum atomic E-state index is 12.9. The van der Waals surface area contributed by atoms with Crippen LogP contribution in [0.1, 0.15) is 18.1 Å². The number of rotatable bonds is 9. The number of alkyl halides is 3. The highest BCUT2D eigenvalue weighted by Gasteiger charge is 2.36. The number of amides is 3. The van der Waals surface area contributed by atoms with E-state index in [1.54, 1.807) is 6.92 Å². The van der Waals surface area contributed by atoms with Crippen molar-refractivity contribution < 1.29 is 46.9 Å². The van der Waals surface area contributed by atoms with Gasteiger partial charge in [0.05, 0.1) is 17.1 Å². The van der Waals surface area contributed by atoms with Crippen LogP contribution in [-0.4, -0.2) is 52.8 Å². The molecule has 0 unspecified atom stereocenters. The minimum Gasteiger partial charge on any atom is -0.490 e. The van der Waals surface area contributed by atoms with Crippen LogP contribution in [0.5, 0.6) is 11.5 Å². The van der Waals surface area contributed by atoms with Gasteiger partial charge in [0.25, 0.3) is 11.1 Å². The summed E-state index contributed by atoms with van der Waals surface area (Å²) < 4.78 is 49.2. The molecule has 3 amide bonds. The second-order valence-corrected chi connectivity index (χ2v) is 8.21. The van der Waals surface area contributed by atoms with Crippen LogP contribution >= 0.6 is 11.8 Å². The lowest BCUT2D eigenvalue weighted by Gasteiger charge is -2.13. The number of nitrogens with zero attached hydrogens (tertiary/aromatic N) is 1. The van der Waals surface area contributed by atoms with Gasteiger partial charge >= 0.3 is 12.1 Å². The fraction of sp³-hybridized carbons (Fsp3) is 0.217. The third kappa shape index (κ3) is 6.78. The molecule has 0 aliphatic carbocycles. The highest BCUT2D eigenvalue weighted by Crippen LogP contribution is 2.35. The van der Waals surface area contributed by atoms with E-state index in [1.807, 2.05) is 0 Å². The maximum absolute atomic E-state index is 12.9. The largest absolute Gasteiger partial charge is 0.490 e. The summed E-state index contributed by atoms with van der Waals surface area (Å²) in [6.07, 6.45) is -3.21. The number of benzene rings is 2. The first-order chi connectivity index (χ1) is 17.0. The molecule has 1 saturated heterocycles. The van der Waals surface area contributed by atoms with E-state index in [2.05, 4.69) is 5.32 Å². The lowest BCUT2D eigenvalue weighted by atomic mass is 10.2. The van der Waals surface area contributed by atoms with Crippen LogP contribution in [0.25, 0.3) is 6.08 Å². The minimum absolute atomic E-state index is 0.00789. The van der Waals surface area contributed by atoms with E-state index in [-0.39, 0.29) is 28.7 Å². The van der Waals surface area contributed by atoms with Crippen LogP contribution in [0.15, 0.2) is 47.4 Å². The Balaban J connectivity index is 1.71. The van der Waals surface area contributed by atoms with Crippen molar-refractivity contribution in [1.82, 2.24) is 4.90 Å². The van der Waals surface area contributed by atoms with Gasteiger partial charge < -0.3 is 19.9 Å². The number of hydrogen-bond donors (Lipinski definition) is 2. The third-order valence-electron chi connectivity index (χ3n) is 4.57. The molecule has 36 heavy (non-hydrogen) atoms. The molecule has 2 N–H and O–H groups in total. The van der Waals surface area contributed by atoms with Gasteiger partial charge in [0, 0.05) is 5.69 Å². The number of nitrogens with one attached hydrogen (secondary N) is 1. The normalized spacial score (nSPS) is 14.8. The molecule has 0 spiro atoms. The number of carboxylic acids is 1. The van der Waals surface area contributed by atoms with Gasteiger partial charge in [-0.25, -0.2) is 4.79 Å². The van der Waals surface area contributed by atoms with Crippen LogP contribution in [0.3, 0.4) is 0 Å². The lowest BCUT2D eigenvalue weighted by Crippen LogP contribution is -2.36. The van der Waals surface area contributed by atoms with E-state index in [0.29, 0.717) is 22.2 Å². The molecule has 0 bridgehead atoms. The van der Waals surface area contributed by atoms with E-state index < -0.39 is 47.9 Å². The van der Waals surface area contributed by atoms with Gasteiger partial charge in [-0.2, -0.15) is 13.2 Å². The fourth-order valence-corrected chi connectivity index (χ4v) is 3.88. The lowest BCUT2D eigenvalue weighted by molar-refractivity contribution is -0.139. The minimum atomic E-state index is -4.60. The van der Waals surface area contributed by atoms with Gasteiger partial charge in [0.15, 0.2) is 18.1 Å². The Morgan fingerprint density at radius 1 is 1.11 bits per heavy atom. The first kappa shape index (κ1) is 26.6. The Kier molecular flexibility index (Phi) is 8.25. The van der Waals surface area contributed by atoms with E-state index in [0.717, 1.165) is 18.2 Å². The Labute approximate surface area is 206 Å². The van der Waals surface area contributed by atoms with Gasteiger partial charge in [-0.05, 0) is 60.7 Å². The molecule has 9 nitrogen and oxygen atoms in total. The summed E-state index contributed by atoms with van der Waals surface area (Å²) in [5, 5.41) is 10.3. The van der Waals surface area contributed by atoms with E-state index in [4.69, 9.17) is 14.6 Å². The molecular formula is C23H19F3N2O7S. The Hall–Kier alpha value is -4.00. The van der Waals surface area contributed by atoms with E-state index in [1.165, 1.54) is 30.3 Å². The number of hydrogen-bond acceptors (Lipinski definition) is 7. The highest BCUT2D eigenvalue weighted by atomic mass is 32.2. The summed E-state index contributed by atoms with van der Waals surface area (Å²) in [7, 11) is 0. The van der Waals surface area contributed by atoms with Crippen LogP contribution in [0.4, 0.5) is 23.7 Å². The smallest absolute Gasteiger partial charge is 0.416 e. The first-order valence-electron chi connectivity index (χ1n) is 10.3. The average Bonchev–Trinajstić information content (AvgIpc) is 3.05. The van der Waals surface area contributed by atoms with Crippen molar-refractivity contribution in [2.24, 2.45) is 0 Å². The number of anilines is 1. The predicted molar refractivity (Wildman–Crippen MR) is 123 cm³/mol. The van der Waals surface area contributed by atoms with E-state index >= 15 is 0 Å². The van der Waals surface area contributed by atoms with Gasteiger partial charge in [0.1, 0.15) is 6.54 Å². The van der Waals surface area contributed by atoms with Crippen LogP contribution in [0.2, 0.25) is 0 Å². The van der Waals surface area contributed by atoms with Crippen LogP contribution < -0.4 is 14.8 Å². The van der Waals surface area contributed by atoms with Gasteiger partial charge in [-0.1, -0.05) is 12.1 Å². The number of thioether (sulfide) groups is 1. The average molecular weight is 524 g/mol. The van der Waals surface area contributed by atoms with Gasteiger partial charge in [-0.3, -0.25) is 19.3 Å². The summed E-state index contributed by atoms with van der Waals surface area (Å²) in [5.41, 5.74) is -0.647. The topological polar surface area (TPSA) is 122 Å². The number of aliphatic carboxylic acids is 1. The summed E-state index contributed by atoms with van der Waals surface area (Å²) in [6, 6.07) is 8.43. The molecule has 0 aromatic heterocycles. The second-order valence-electron chi connectivity index (χ2n) is 7.22. The number of carboxylic acid groups (broad SMARTS) is 1. The van der Waals surface area contributed by atoms with Crippen molar-refractivity contribution in [2.75, 3.05) is 25.1 Å². The molecule has 0 radical (unpaired) electrons. The Bertz CT molecular complexity index is 1230. The van der Waals surface area contributed by atoms with Gasteiger partial charge in [0.2, 0.25) is 5.91 Å². The quantitative estimate of drug-likeness (QED) is 0.467. The number of halogens is 3. The Morgan fingerprint density at radius 3 is 2.53 bits per heavy atom. The van der Waals surface area contributed by atoms with Crippen LogP contribution in [-0.2, 0) is 20.6 Å². The monoisotopic (exact) mass is 524 g/mol. The summed E-state index contributed by atoms with van der Waals surface area (Å²) in [5.74, 6) is -2.37. The molecule has 1 fully saturated rings. The van der Waals surface area contributed by atoms with E-state index in [9.17, 15) is 32.3 Å². The SMILES string of the molecule is CCOc1cc(/C=C2\SC(=O)N(CC(=O)Nc3cccc(C(F)(F)F)c3)C2=O)ccc1OCC(=O)O. The molecule has 190 valence electrons. The maximum Gasteiger partial charge on any atom is 0.416 e.